The van der Waals surface area contributed by atoms with Crippen molar-refractivity contribution in [3.05, 3.63) is 58.2 Å². The number of ketones is 1. The van der Waals surface area contributed by atoms with E-state index in [-0.39, 0.29) is 29.6 Å². The fourth-order valence-electron chi connectivity index (χ4n) is 4.49. The number of benzene rings is 1. The fourth-order valence-corrected chi connectivity index (χ4v) is 4.49. The first-order valence-corrected chi connectivity index (χ1v) is 9.65. The molecular formula is C22H24FNO3. The zero-order valence-electron chi connectivity index (χ0n) is 15.7. The van der Waals surface area contributed by atoms with Crippen molar-refractivity contribution >= 4 is 11.8 Å². The Morgan fingerprint density at radius 2 is 1.93 bits per heavy atom. The smallest absolute Gasteiger partial charge is 0.355 e. The maximum absolute atomic E-state index is 13.2. The summed E-state index contributed by atoms with van der Waals surface area (Å²) in [5.74, 6) is -0.270. The predicted molar refractivity (Wildman–Crippen MR) is 99.5 cm³/mol. The van der Waals surface area contributed by atoms with Crippen molar-refractivity contribution in [2.24, 2.45) is 5.92 Å². The molecule has 0 radical (unpaired) electrons. The van der Waals surface area contributed by atoms with E-state index in [9.17, 15) is 14.0 Å². The number of aromatic nitrogens is 1. The van der Waals surface area contributed by atoms with Crippen molar-refractivity contribution in [2.45, 2.75) is 58.0 Å². The van der Waals surface area contributed by atoms with Crippen LogP contribution in [-0.4, -0.2) is 22.8 Å². The monoisotopic (exact) mass is 369 g/mol. The van der Waals surface area contributed by atoms with Gasteiger partial charge in [0, 0.05) is 17.7 Å². The molecule has 5 heteroatoms. The molecule has 2 aliphatic carbocycles. The molecule has 142 valence electrons. The molecule has 1 N–H and O–H groups in total. The van der Waals surface area contributed by atoms with Gasteiger partial charge in [-0.2, -0.15) is 0 Å². The molecule has 2 aromatic rings. The lowest BCUT2D eigenvalue weighted by Crippen LogP contribution is -2.21. The molecular weight excluding hydrogens is 345 g/mol. The maximum Gasteiger partial charge on any atom is 0.355 e. The van der Waals surface area contributed by atoms with Crippen LogP contribution >= 0.6 is 0 Å². The number of aromatic amines is 1. The van der Waals surface area contributed by atoms with E-state index in [2.05, 4.69) is 11.9 Å². The highest BCUT2D eigenvalue weighted by Crippen LogP contribution is 2.36. The lowest BCUT2D eigenvalue weighted by atomic mass is 9.81. The predicted octanol–water partition coefficient (Wildman–Crippen LogP) is 4.72. The summed E-state index contributed by atoms with van der Waals surface area (Å²) in [6.45, 7) is 3.91. The van der Waals surface area contributed by atoms with Crippen LogP contribution in [0.5, 0.6) is 0 Å². The third-order valence-corrected chi connectivity index (χ3v) is 6.08. The zero-order chi connectivity index (χ0) is 19.1. The van der Waals surface area contributed by atoms with Crippen LogP contribution in [0.4, 0.5) is 4.39 Å². The zero-order valence-corrected chi connectivity index (χ0v) is 15.7. The van der Waals surface area contributed by atoms with Crippen molar-refractivity contribution in [1.82, 2.24) is 4.98 Å². The highest BCUT2D eigenvalue weighted by atomic mass is 19.1. The third kappa shape index (κ3) is 3.31. The topological polar surface area (TPSA) is 59.2 Å². The maximum atomic E-state index is 13.2. The lowest BCUT2D eigenvalue weighted by Gasteiger charge is -2.22. The van der Waals surface area contributed by atoms with E-state index >= 15 is 0 Å². The quantitative estimate of drug-likeness (QED) is 0.797. The summed E-state index contributed by atoms with van der Waals surface area (Å²) in [6.07, 6.45) is 4.01. The van der Waals surface area contributed by atoms with Crippen LogP contribution in [0.2, 0.25) is 0 Å². The average Bonchev–Trinajstić information content (AvgIpc) is 3.19. The van der Waals surface area contributed by atoms with E-state index < -0.39 is 0 Å². The van der Waals surface area contributed by atoms with Gasteiger partial charge < -0.3 is 9.72 Å². The molecule has 1 aromatic carbocycles. The number of hydrogen-bond donors (Lipinski definition) is 1. The van der Waals surface area contributed by atoms with Crippen molar-refractivity contribution in [3.63, 3.8) is 0 Å². The van der Waals surface area contributed by atoms with E-state index in [4.69, 9.17) is 4.74 Å². The number of fused-ring (bicyclic) bond motifs is 1. The molecule has 0 unspecified atom stereocenters. The van der Waals surface area contributed by atoms with E-state index in [1.807, 2.05) is 0 Å². The van der Waals surface area contributed by atoms with Gasteiger partial charge in [0.05, 0.1) is 0 Å². The van der Waals surface area contributed by atoms with Crippen molar-refractivity contribution in [2.75, 3.05) is 0 Å². The number of rotatable bonds is 3. The largest absolute Gasteiger partial charge is 0.457 e. The van der Waals surface area contributed by atoms with E-state index in [1.54, 1.807) is 19.1 Å². The normalized spacial score (nSPS) is 24.7. The third-order valence-electron chi connectivity index (χ3n) is 6.08. The molecule has 0 amide bonds. The molecule has 0 aliphatic heterocycles. The van der Waals surface area contributed by atoms with Crippen molar-refractivity contribution in [1.29, 1.82) is 0 Å². The molecule has 0 saturated heterocycles. The first kappa shape index (κ1) is 18.0. The summed E-state index contributed by atoms with van der Waals surface area (Å²) in [7, 11) is 0. The van der Waals surface area contributed by atoms with Crippen LogP contribution in [-0.2, 0) is 11.2 Å². The van der Waals surface area contributed by atoms with Gasteiger partial charge >= 0.3 is 5.97 Å². The van der Waals surface area contributed by atoms with Gasteiger partial charge in [-0.05, 0) is 67.7 Å². The highest BCUT2D eigenvalue weighted by Gasteiger charge is 2.34. The van der Waals surface area contributed by atoms with Gasteiger partial charge in [-0.25, -0.2) is 9.18 Å². The van der Waals surface area contributed by atoms with Crippen molar-refractivity contribution in [3.8, 4) is 0 Å². The van der Waals surface area contributed by atoms with Gasteiger partial charge in [0.15, 0.2) is 5.78 Å². The number of Topliss-reactive ketones (excluding diaryl/α,β-unsaturated/α-hetero) is 1. The van der Waals surface area contributed by atoms with Crippen LogP contribution in [0.3, 0.4) is 0 Å². The Morgan fingerprint density at radius 3 is 2.59 bits per heavy atom. The average molecular weight is 369 g/mol. The van der Waals surface area contributed by atoms with Crippen LogP contribution in [0.25, 0.3) is 0 Å². The number of H-pyrrole nitrogens is 1. The van der Waals surface area contributed by atoms with E-state index in [0.717, 1.165) is 30.5 Å². The first-order valence-electron chi connectivity index (χ1n) is 9.65. The molecule has 1 fully saturated rings. The number of esters is 1. The Labute approximate surface area is 158 Å². The van der Waals surface area contributed by atoms with Crippen LogP contribution in [0, 0.1) is 18.7 Å². The Kier molecular flexibility index (Phi) is 4.62. The molecule has 1 aromatic heterocycles. The number of carbonyl (C=O) groups is 2. The minimum Gasteiger partial charge on any atom is -0.457 e. The Hall–Kier alpha value is -2.43. The Bertz CT molecular complexity index is 884. The minimum absolute atomic E-state index is 0.0117. The van der Waals surface area contributed by atoms with E-state index in [1.165, 1.54) is 12.1 Å². The molecule has 1 heterocycles. The number of carbonyl (C=O) groups excluding carboxylic acids is 2. The molecule has 4 rings (SSSR count). The van der Waals surface area contributed by atoms with Gasteiger partial charge in [0.1, 0.15) is 17.6 Å². The summed E-state index contributed by atoms with van der Waals surface area (Å²) in [4.78, 5) is 28.6. The molecule has 1 saturated carbocycles. The number of hydrogen-bond acceptors (Lipinski definition) is 3. The van der Waals surface area contributed by atoms with Crippen LogP contribution < -0.4 is 0 Å². The van der Waals surface area contributed by atoms with Gasteiger partial charge in [-0.3, -0.25) is 4.79 Å². The van der Waals surface area contributed by atoms with Gasteiger partial charge in [0.25, 0.3) is 0 Å². The fraction of sp³-hybridized carbons (Fsp3) is 0.455. The summed E-state index contributed by atoms with van der Waals surface area (Å²) in [6, 6.07) is 6.29. The van der Waals surface area contributed by atoms with Gasteiger partial charge in [-0.15, -0.1) is 0 Å². The Morgan fingerprint density at radius 1 is 1.19 bits per heavy atom. The summed E-state index contributed by atoms with van der Waals surface area (Å²) >= 11 is 0. The molecule has 3 atom stereocenters. The van der Waals surface area contributed by atoms with Crippen LogP contribution in [0.15, 0.2) is 24.3 Å². The van der Waals surface area contributed by atoms with Crippen molar-refractivity contribution < 1.29 is 18.7 Å². The number of halogens is 1. The minimum atomic E-state index is -0.369. The second-order valence-electron chi connectivity index (χ2n) is 7.91. The second kappa shape index (κ2) is 6.95. The molecule has 27 heavy (non-hydrogen) atoms. The summed E-state index contributed by atoms with van der Waals surface area (Å²) in [5.41, 5.74) is 3.42. The molecule has 4 nitrogen and oxygen atoms in total. The van der Waals surface area contributed by atoms with Gasteiger partial charge in [0.2, 0.25) is 0 Å². The molecule has 0 bridgehead atoms. The number of nitrogens with one attached hydrogen (secondary N) is 1. The SMILES string of the molecule is Cc1c(C(=O)O[C@@H]2CCC[C@H]2C)[nH]c2c1C(=O)C[C@@H](c1ccc(F)cc1)C2. The second-order valence-corrected chi connectivity index (χ2v) is 7.91. The number of ether oxygens (including phenoxy) is 1. The standard InChI is InChI=1S/C22H24FNO3/c1-12-4-3-5-19(12)27-22(26)21-13(2)20-17(24-21)10-15(11-18(20)25)14-6-8-16(23)9-7-14/h6-9,12,15,19,24H,3-5,10-11H2,1-2H3/t12-,15+,19-/m1/s1. The molecule has 2 aliphatic rings. The molecule has 0 spiro atoms. The van der Waals surface area contributed by atoms with E-state index in [0.29, 0.717) is 35.6 Å². The summed E-state index contributed by atoms with van der Waals surface area (Å²) in [5, 5.41) is 0. The highest BCUT2D eigenvalue weighted by molar-refractivity contribution is 6.03. The van der Waals surface area contributed by atoms with Crippen LogP contribution in [0.1, 0.15) is 76.2 Å². The summed E-state index contributed by atoms with van der Waals surface area (Å²) < 4.78 is 18.9. The lowest BCUT2D eigenvalue weighted by molar-refractivity contribution is 0.0219. The first-order chi connectivity index (χ1) is 12.9. The Balaban J connectivity index is 1.58. The van der Waals surface area contributed by atoms with Gasteiger partial charge in [-0.1, -0.05) is 19.1 Å².